The third kappa shape index (κ3) is 7.66. The van der Waals surface area contributed by atoms with Crippen LogP contribution >= 0.6 is 6.64 Å². The lowest BCUT2D eigenvalue weighted by Crippen LogP contribution is -2.17. The van der Waals surface area contributed by atoms with Crippen LogP contribution in [0.2, 0.25) is 0 Å². The van der Waals surface area contributed by atoms with Crippen molar-refractivity contribution in [3.8, 4) is 12.3 Å². The van der Waals surface area contributed by atoms with Gasteiger partial charge in [-0.3, -0.25) is 9.88 Å². The van der Waals surface area contributed by atoms with E-state index in [1.165, 1.54) is 6.92 Å². The number of hydrogen-bond acceptors (Lipinski definition) is 4. The van der Waals surface area contributed by atoms with Crippen LogP contribution in [0.3, 0.4) is 0 Å². The van der Waals surface area contributed by atoms with E-state index in [0.29, 0.717) is 0 Å². The van der Waals surface area contributed by atoms with Crippen molar-refractivity contribution in [1.29, 1.82) is 0 Å². The zero-order valence-electron chi connectivity index (χ0n) is 6.61. The van der Waals surface area contributed by atoms with E-state index in [2.05, 4.69) is 27.3 Å². The van der Waals surface area contributed by atoms with Crippen LogP contribution in [0.1, 0.15) is 6.92 Å². The molecule has 5 N–H and O–H groups in total. The molecule has 5 nitrogen and oxygen atoms in total. The van der Waals surface area contributed by atoms with Crippen LogP contribution in [0.25, 0.3) is 0 Å². The van der Waals surface area contributed by atoms with E-state index in [1.54, 1.807) is 0 Å². The first-order valence-corrected chi connectivity index (χ1v) is 5.35. The molecule has 0 radical (unpaired) electrons. The summed E-state index contributed by atoms with van der Waals surface area (Å²) in [4.78, 5) is 19.5. The summed E-state index contributed by atoms with van der Waals surface area (Å²) in [5.74, 6) is 1.69. The minimum atomic E-state index is -3.17. The molecule has 0 rings (SSSR count). The fourth-order valence-electron chi connectivity index (χ4n) is 0.356. The summed E-state index contributed by atoms with van der Waals surface area (Å²) in [7, 11) is 0. The van der Waals surface area contributed by atoms with Crippen molar-refractivity contribution in [3.63, 3.8) is 0 Å². The van der Waals surface area contributed by atoms with Crippen molar-refractivity contribution < 1.29 is 14.2 Å². The van der Waals surface area contributed by atoms with Crippen LogP contribution in [0.15, 0.2) is 0 Å². The molecule has 0 heterocycles. The highest BCUT2D eigenvalue weighted by Gasteiger charge is 2.13. The molecule has 0 spiro atoms. The molecule has 0 aliphatic rings. The fourth-order valence-corrected chi connectivity index (χ4v) is 1.61. The largest absolute Gasteiger partial charge is 0.344 e. The molecule has 0 bridgehead atoms. The van der Waals surface area contributed by atoms with Crippen molar-refractivity contribution in [1.82, 2.24) is 11.2 Å². The average Bonchev–Trinajstić information content (AvgIpc) is 1.81. The molecule has 7 heteroatoms. The zero-order chi connectivity index (χ0) is 8.91. The van der Waals surface area contributed by atoms with Gasteiger partial charge in [-0.05, 0) is 11.8 Å². The fraction of sp³-hybridized carbons (Fsp3) is 0.400. The molecule has 0 saturated heterocycles. The Hall–Kier alpha value is -0.440. The maximum Gasteiger partial charge on any atom is 0.287 e. The topological polar surface area (TPSA) is 93.6 Å². The van der Waals surface area contributed by atoms with Crippen molar-refractivity contribution in [2.75, 3.05) is 6.61 Å². The second-order valence-electron chi connectivity index (χ2n) is 1.67. The van der Waals surface area contributed by atoms with Gasteiger partial charge in [0.05, 0.1) is 0 Å². The van der Waals surface area contributed by atoms with Gasteiger partial charge in [-0.15, -0.1) is 6.42 Å². The molecule has 12 heavy (non-hydrogen) atoms. The van der Waals surface area contributed by atoms with Crippen LogP contribution < -0.4 is 11.2 Å². The van der Waals surface area contributed by atoms with Crippen molar-refractivity contribution in [3.05, 3.63) is 0 Å². The van der Waals surface area contributed by atoms with E-state index < -0.39 is 12.5 Å². The smallest absolute Gasteiger partial charge is 0.287 e. The van der Waals surface area contributed by atoms with Gasteiger partial charge in [0.15, 0.2) is 0 Å². The summed E-state index contributed by atoms with van der Waals surface area (Å²) in [5, 5.41) is 2.08. The van der Waals surface area contributed by atoms with Gasteiger partial charge in [-0.1, -0.05) is 5.92 Å². The van der Waals surface area contributed by atoms with Crippen LogP contribution in [0.5, 0.6) is 0 Å². The Bertz CT molecular complexity index is 237. The second kappa shape index (κ2) is 6.12. The SMILES string of the molecule is C#CCOP(O)(=S)NC(C)=O.N. The highest BCUT2D eigenvalue weighted by atomic mass is 32.5. The van der Waals surface area contributed by atoms with E-state index in [-0.39, 0.29) is 12.8 Å². The first kappa shape index (κ1) is 14.1. The van der Waals surface area contributed by atoms with Crippen LogP contribution in [0, 0.1) is 12.3 Å². The van der Waals surface area contributed by atoms with Gasteiger partial charge in [-0.2, -0.15) is 0 Å². The molecule has 1 unspecified atom stereocenters. The van der Waals surface area contributed by atoms with E-state index in [4.69, 9.17) is 11.3 Å². The van der Waals surface area contributed by atoms with Gasteiger partial charge in [0.2, 0.25) is 5.91 Å². The van der Waals surface area contributed by atoms with Crippen LogP contribution in [-0.2, 0) is 21.1 Å². The number of carbonyl (C=O) groups excluding carboxylic acids is 1. The summed E-state index contributed by atoms with van der Waals surface area (Å²) in [5.41, 5.74) is 0. The predicted octanol–water partition coefficient (Wildman–Crippen LogP) is 0.151. The first-order valence-electron chi connectivity index (χ1n) is 2.67. The minimum absolute atomic E-state index is 0. The summed E-state index contributed by atoms with van der Waals surface area (Å²) in [6.07, 6.45) is 4.84. The van der Waals surface area contributed by atoms with E-state index in [1.807, 2.05) is 0 Å². The van der Waals surface area contributed by atoms with Crippen LogP contribution in [0.4, 0.5) is 0 Å². The molecule has 0 saturated carbocycles. The van der Waals surface area contributed by atoms with Crippen molar-refractivity contribution in [2.24, 2.45) is 0 Å². The normalized spacial score (nSPS) is 13.4. The molecule has 0 aliphatic carbocycles. The first-order chi connectivity index (χ1) is 4.98. The van der Waals surface area contributed by atoms with Gasteiger partial charge >= 0.3 is 0 Å². The quantitative estimate of drug-likeness (QED) is 0.455. The van der Waals surface area contributed by atoms with E-state index >= 15 is 0 Å². The lowest BCUT2D eigenvalue weighted by atomic mass is 10.8. The Morgan fingerprint density at radius 1 is 1.92 bits per heavy atom. The lowest BCUT2D eigenvalue weighted by Gasteiger charge is -2.13. The third-order valence-electron chi connectivity index (χ3n) is 0.622. The molecule has 0 aromatic rings. The van der Waals surface area contributed by atoms with E-state index in [0.717, 1.165) is 0 Å². The number of hydrogen-bond donors (Lipinski definition) is 3. The molecular weight excluding hydrogens is 199 g/mol. The Kier molecular flexibility index (Phi) is 7.19. The Balaban J connectivity index is 0. The molecule has 1 amide bonds. The monoisotopic (exact) mass is 210 g/mol. The summed E-state index contributed by atoms with van der Waals surface area (Å²) >= 11 is 4.50. The summed E-state index contributed by atoms with van der Waals surface area (Å²) in [6.45, 7) is -2.04. The molecule has 0 aromatic heterocycles. The molecular formula is C5H11N2O3PS. The Morgan fingerprint density at radius 2 is 2.42 bits per heavy atom. The maximum absolute atomic E-state index is 10.4. The summed E-state index contributed by atoms with van der Waals surface area (Å²) in [6, 6.07) is 0. The van der Waals surface area contributed by atoms with Gasteiger partial charge < -0.3 is 15.6 Å². The summed E-state index contributed by atoms with van der Waals surface area (Å²) < 4.78 is 4.60. The second-order valence-corrected chi connectivity index (χ2v) is 4.67. The van der Waals surface area contributed by atoms with Gasteiger partial charge in [0, 0.05) is 6.92 Å². The molecule has 0 aromatic carbocycles. The van der Waals surface area contributed by atoms with Crippen molar-refractivity contribution >= 4 is 24.4 Å². The number of amides is 1. The zero-order valence-corrected chi connectivity index (χ0v) is 8.32. The number of terminal acetylenes is 1. The molecule has 0 aliphatic heterocycles. The number of carbonyl (C=O) groups is 1. The van der Waals surface area contributed by atoms with Gasteiger partial charge in [-0.25, -0.2) is 0 Å². The minimum Gasteiger partial charge on any atom is -0.344 e. The van der Waals surface area contributed by atoms with Gasteiger partial charge in [0.1, 0.15) is 6.61 Å². The van der Waals surface area contributed by atoms with Crippen LogP contribution in [-0.4, -0.2) is 17.4 Å². The van der Waals surface area contributed by atoms with E-state index in [9.17, 15) is 4.79 Å². The molecule has 0 fully saturated rings. The highest BCUT2D eigenvalue weighted by Crippen LogP contribution is 2.36. The Labute approximate surface area is 76.3 Å². The highest BCUT2D eigenvalue weighted by molar-refractivity contribution is 8.08. The molecule has 1 atom stereocenters. The number of rotatable bonds is 3. The maximum atomic E-state index is 10.4. The van der Waals surface area contributed by atoms with Crippen molar-refractivity contribution in [2.45, 2.75) is 6.92 Å². The van der Waals surface area contributed by atoms with Gasteiger partial charge in [0.25, 0.3) is 6.64 Å². The average molecular weight is 210 g/mol. The predicted molar refractivity (Wildman–Crippen MR) is 50.1 cm³/mol. The third-order valence-corrected chi connectivity index (χ3v) is 2.29. The number of nitrogens with one attached hydrogen (secondary N) is 1. The lowest BCUT2D eigenvalue weighted by molar-refractivity contribution is -0.117. The Morgan fingerprint density at radius 3 is 2.75 bits per heavy atom. The standard InChI is InChI=1S/C5H8NO3PS.H3N/c1-3-4-9-10(8,11)6-5(2)7;/h1H,4H2,2H3,(H2,6,7,8,11);1H3. The molecule has 70 valence electrons.